The summed E-state index contributed by atoms with van der Waals surface area (Å²) in [7, 11) is -3.15. The molecular formula is C25H46O2Si2. The lowest BCUT2D eigenvalue weighted by Crippen LogP contribution is -2.59. The average molecular weight is 435 g/mol. The molecule has 2 nitrogen and oxygen atoms in total. The summed E-state index contributed by atoms with van der Waals surface area (Å²) in [5, 5.41) is 0. The zero-order valence-electron chi connectivity index (χ0n) is 20.4. The van der Waals surface area contributed by atoms with Gasteiger partial charge in [-0.25, -0.2) is 0 Å². The van der Waals surface area contributed by atoms with Gasteiger partial charge in [0.25, 0.3) is 0 Å². The van der Waals surface area contributed by atoms with E-state index >= 15 is 0 Å². The maximum atomic E-state index is 7.08. The summed E-state index contributed by atoms with van der Waals surface area (Å²) in [6.45, 7) is 19.5. The molecule has 0 unspecified atom stereocenters. The second kappa shape index (κ2) is 7.32. The molecular weight excluding hydrogens is 388 g/mol. The summed E-state index contributed by atoms with van der Waals surface area (Å²) in [5.74, 6) is 2.37. The summed E-state index contributed by atoms with van der Waals surface area (Å²) < 4.78 is 13.9. The van der Waals surface area contributed by atoms with Gasteiger partial charge >= 0.3 is 0 Å². The highest BCUT2D eigenvalue weighted by Gasteiger charge is 2.63. The van der Waals surface area contributed by atoms with Crippen molar-refractivity contribution in [3.63, 3.8) is 0 Å². The molecule has 3 saturated carbocycles. The topological polar surface area (TPSA) is 18.5 Å². The first-order valence-electron chi connectivity index (χ1n) is 12.4. The zero-order chi connectivity index (χ0) is 21.2. The molecule has 4 rings (SSSR count). The first-order valence-corrected chi connectivity index (χ1v) is 19.2. The largest absolute Gasteiger partial charge is 0.414 e. The van der Waals surface area contributed by atoms with Crippen LogP contribution in [0.5, 0.6) is 0 Å². The van der Waals surface area contributed by atoms with E-state index in [0.717, 1.165) is 17.8 Å². The first-order chi connectivity index (χ1) is 13.3. The van der Waals surface area contributed by atoms with Crippen LogP contribution in [-0.2, 0) is 8.85 Å². The number of hydrogen-bond donors (Lipinski definition) is 0. The van der Waals surface area contributed by atoms with Gasteiger partial charge in [0.1, 0.15) is 0 Å². The molecule has 0 bridgehead atoms. The van der Waals surface area contributed by atoms with E-state index in [9.17, 15) is 0 Å². The molecule has 4 aliphatic rings. The Morgan fingerprint density at radius 1 is 0.931 bits per heavy atom. The van der Waals surface area contributed by atoms with Crippen LogP contribution < -0.4 is 0 Å². The third kappa shape index (κ3) is 4.01. The Morgan fingerprint density at radius 3 is 2.28 bits per heavy atom. The smallest absolute Gasteiger partial charge is 0.184 e. The van der Waals surface area contributed by atoms with Crippen molar-refractivity contribution in [2.75, 3.05) is 0 Å². The number of rotatable bonds is 4. The molecule has 3 fully saturated rings. The standard InChI is InChI=1S/C25H46O2Si2/c1-24-16-10-9-11-18(24)12-13-19-20-14-15-22(27-29(6,7)8)25(20,2)17-21(23(19)24)26-28(3,4)5/h11,19-23H,9-10,12-17H2,1-8H3/t19-,20-,21-,22-,23+,24-,25-/m0/s1. The summed E-state index contributed by atoms with van der Waals surface area (Å²) >= 11 is 0. The normalized spacial score (nSPS) is 45.2. The molecule has 0 aliphatic heterocycles. The van der Waals surface area contributed by atoms with Crippen molar-refractivity contribution in [2.45, 2.75) is 117 Å². The van der Waals surface area contributed by atoms with E-state index in [1.54, 1.807) is 5.57 Å². The van der Waals surface area contributed by atoms with Crippen LogP contribution in [0.4, 0.5) is 0 Å². The van der Waals surface area contributed by atoms with Crippen molar-refractivity contribution in [3.8, 4) is 0 Å². The Morgan fingerprint density at radius 2 is 1.62 bits per heavy atom. The summed E-state index contributed by atoms with van der Waals surface area (Å²) in [6, 6.07) is 0. The molecule has 4 aliphatic carbocycles. The van der Waals surface area contributed by atoms with Crippen molar-refractivity contribution in [2.24, 2.45) is 28.6 Å². The highest BCUT2D eigenvalue weighted by molar-refractivity contribution is 6.70. The van der Waals surface area contributed by atoms with E-state index in [1.165, 1.54) is 51.4 Å². The van der Waals surface area contributed by atoms with Gasteiger partial charge in [0.15, 0.2) is 16.6 Å². The Labute approximate surface area is 182 Å². The average Bonchev–Trinajstić information content (AvgIpc) is 2.87. The second-order valence-corrected chi connectivity index (χ2v) is 22.1. The molecule has 0 saturated heterocycles. The van der Waals surface area contributed by atoms with E-state index in [1.807, 2.05) is 0 Å². The molecule has 0 N–H and O–H groups in total. The zero-order valence-corrected chi connectivity index (χ0v) is 22.4. The monoisotopic (exact) mass is 434 g/mol. The predicted octanol–water partition coefficient (Wildman–Crippen LogP) is 7.39. The lowest BCUT2D eigenvalue weighted by atomic mass is 9.46. The highest BCUT2D eigenvalue weighted by atomic mass is 28.4. The Balaban J connectivity index is 1.72. The maximum absolute atomic E-state index is 7.08. The minimum absolute atomic E-state index is 0.304. The molecule has 0 radical (unpaired) electrons. The molecule has 0 aromatic heterocycles. The molecule has 166 valence electrons. The summed E-state index contributed by atoms with van der Waals surface area (Å²) in [5.41, 5.74) is 2.47. The molecule has 29 heavy (non-hydrogen) atoms. The fourth-order valence-corrected chi connectivity index (χ4v) is 10.4. The van der Waals surface area contributed by atoms with Gasteiger partial charge in [-0.3, -0.25) is 0 Å². The van der Waals surface area contributed by atoms with Crippen LogP contribution >= 0.6 is 0 Å². The van der Waals surface area contributed by atoms with Crippen molar-refractivity contribution in [3.05, 3.63) is 11.6 Å². The maximum Gasteiger partial charge on any atom is 0.184 e. The van der Waals surface area contributed by atoms with E-state index in [0.29, 0.717) is 23.0 Å². The van der Waals surface area contributed by atoms with Gasteiger partial charge in [0.2, 0.25) is 0 Å². The molecule has 0 aromatic carbocycles. The molecule has 4 heteroatoms. The quantitative estimate of drug-likeness (QED) is 0.339. The lowest BCUT2D eigenvalue weighted by molar-refractivity contribution is -0.130. The lowest BCUT2D eigenvalue weighted by Gasteiger charge is -2.61. The van der Waals surface area contributed by atoms with Crippen LogP contribution in [0, 0.1) is 28.6 Å². The number of allylic oxidation sites excluding steroid dienone is 2. The van der Waals surface area contributed by atoms with Gasteiger partial charge in [0.05, 0.1) is 6.10 Å². The van der Waals surface area contributed by atoms with Crippen LogP contribution in [-0.4, -0.2) is 28.8 Å². The van der Waals surface area contributed by atoms with E-state index < -0.39 is 16.6 Å². The third-order valence-electron chi connectivity index (χ3n) is 8.85. The van der Waals surface area contributed by atoms with Gasteiger partial charge in [-0.05, 0) is 119 Å². The molecule has 0 heterocycles. The van der Waals surface area contributed by atoms with Crippen LogP contribution in [0.3, 0.4) is 0 Å². The van der Waals surface area contributed by atoms with Gasteiger partial charge in [-0.1, -0.05) is 25.5 Å². The van der Waals surface area contributed by atoms with E-state index in [-0.39, 0.29) is 0 Å². The summed E-state index contributed by atoms with van der Waals surface area (Å²) in [4.78, 5) is 0. The van der Waals surface area contributed by atoms with Crippen LogP contribution in [0.2, 0.25) is 39.3 Å². The number of fused-ring (bicyclic) bond motifs is 5. The first kappa shape index (κ1) is 22.3. The van der Waals surface area contributed by atoms with E-state index in [4.69, 9.17) is 8.85 Å². The van der Waals surface area contributed by atoms with Crippen molar-refractivity contribution in [1.82, 2.24) is 0 Å². The molecule has 0 spiro atoms. The Kier molecular flexibility index (Phi) is 5.62. The molecule has 7 atom stereocenters. The van der Waals surface area contributed by atoms with Gasteiger partial charge < -0.3 is 8.85 Å². The highest BCUT2D eigenvalue weighted by Crippen LogP contribution is 2.66. The SMILES string of the molecule is C[C@]12C[C@H](O[Si](C)(C)C)[C@H]3[C@@H](CCC4=CCCC[C@@]43C)[C@@H]1CC[C@@H]2O[Si](C)(C)C. The minimum atomic E-state index is -1.61. The van der Waals surface area contributed by atoms with Gasteiger partial charge in [0, 0.05) is 6.10 Å². The Hall–Kier alpha value is 0.0938. The second-order valence-electron chi connectivity index (χ2n) is 13.1. The van der Waals surface area contributed by atoms with Crippen LogP contribution in [0.15, 0.2) is 11.6 Å². The van der Waals surface area contributed by atoms with Crippen molar-refractivity contribution in [1.29, 1.82) is 0 Å². The van der Waals surface area contributed by atoms with Crippen LogP contribution in [0.25, 0.3) is 0 Å². The van der Waals surface area contributed by atoms with Crippen LogP contribution in [0.1, 0.15) is 65.2 Å². The minimum Gasteiger partial charge on any atom is -0.414 e. The fourth-order valence-electron chi connectivity index (χ4n) is 7.98. The van der Waals surface area contributed by atoms with Crippen molar-refractivity contribution >= 4 is 16.6 Å². The van der Waals surface area contributed by atoms with Gasteiger partial charge in [-0.2, -0.15) is 0 Å². The van der Waals surface area contributed by atoms with Crippen molar-refractivity contribution < 1.29 is 8.85 Å². The Bertz CT molecular complexity index is 661. The molecule has 0 amide bonds. The summed E-state index contributed by atoms with van der Waals surface area (Å²) in [6.07, 6.45) is 14.1. The number of hydrogen-bond acceptors (Lipinski definition) is 2. The molecule has 0 aromatic rings. The third-order valence-corrected chi connectivity index (χ3v) is 10.9. The van der Waals surface area contributed by atoms with E-state index in [2.05, 4.69) is 59.2 Å². The fraction of sp³-hybridized carbons (Fsp3) is 0.920. The van der Waals surface area contributed by atoms with Gasteiger partial charge in [-0.15, -0.1) is 0 Å². The predicted molar refractivity (Wildman–Crippen MR) is 128 cm³/mol.